The highest BCUT2D eigenvalue weighted by molar-refractivity contribution is 7.95. The molecule has 0 amide bonds. The van der Waals surface area contributed by atoms with Crippen molar-refractivity contribution in [2.45, 2.75) is 6.29 Å². The predicted octanol–water partition coefficient (Wildman–Crippen LogP) is 3.82. The van der Waals surface area contributed by atoms with E-state index in [9.17, 15) is 0 Å². The highest BCUT2D eigenvalue weighted by atomic mass is 31.2. The molecule has 0 bridgehead atoms. The fourth-order valence-electron chi connectivity index (χ4n) is 3.39. The lowest BCUT2D eigenvalue weighted by Crippen LogP contribution is -2.37. The summed E-state index contributed by atoms with van der Waals surface area (Å²) in [5.41, 5.74) is 0. The SMILES string of the molecule is C1=COC(C[P+](c2ccccc2)(c2ccccc2)c2ccccc2)O1. The summed E-state index contributed by atoms with van der Waals surface area (Å²) in [5.74, 6) is 0. The molecule has 1 aliphatic heterocycles. The molecule has 3 aromatic carbocycles. The topological polar surface area (TPSA) is 18.5 Å². The van der Waals surface area contributed by atoms with Crippen molar-refractivity contribution in [1.82, 2.24) is 0 Å². The first-order chi connectivity index (χ1) is 12.4. The Hall–Kier alpha value is -2.57. The number of rotatable bonds is 5. The molecule has 124 valence electrons. The van der Waals surface area contributed by atoms with Crippen LogP contribution in [0, 0.1) is 0 Å². The Bertz CT molecular complexity index is 727. The minimum absolute atomic E-state index is 0.256. The van der Waals surface area contributed by atoms with E-state index in [1.807, 2.05) is 0 Å². The summed E-state index contributed by atoms with van der Waals surface area (Å²) in [4.78, 5) is 0. The lowest BCUT2D eigenvalue weighted by atomic mass is 10.4. The first-order valence-corrected chi connectivity index (χ1v) is 10.4. The summed E-state index contributed by atoms with van der Waals surface area (Å²) in [5, 5.41) is 4.02. The van der Waals surface area contributed by atoms with E-state index in [0.717, 1.165) is 6.16 Å². The Balaban J connectivity index is 1.94. The van der Waals surface area contributed by atoms with Crippen molar-refractivity contribution in [2.75, 3.05) is 6.16 Å². The average Bonchev–Trinajstić information content (AvgIpc) is 3.21. The van der Waals surface area contributed by atoms with Gasteiger partial charge in [0.2, 0.25) is 0 Å². The molecular weight excluding hydrogens is 327 g/mol. The van der Waals surface area contributed by atoms with Crippen LogP contribution in [0.2, 0.25) is 0 Å². The average molecular weight is 347 g/mol. The molecule has 2 nitrogen and oxygen atoms in total. The van der Waals surface area contributed by atoms with Gasteiger partial charge in [0.05, 0.1) is 0 Å². The van der Waals surface area contributed by atoms with Crippen LogP contribution in [0.4, 0.5) is 0 Å². The quantitative estimate of drug-likeness (QED) is 0.653. The zero-order chi connectivity index (χ0) is 17.0. The summed E-state index contributed by atoms with van der Waals surface area (Å²) < 4.78 is 11.4. The molecule has 1 heterocycles. The van der Waals surface area contributed by atoms with E-state index < -0.39 is 7.26 Å². The van der Waals surface area contributed by atoms with Crippen LogP contribution < -0.4 is 15.9 Å². The summed E-state index contributed by atoms with van der Waals surface area (Å²) in [6, 6.07) is 32.3. The van der Waals surface area contributed by atoms with Crippen LogP contribution >= 0.6 is 7.26 Å². The Morgan fingerprint density at radius 2 is 0.920 bits per heavy atom. The highest BCUT2D eigenvalue weighted by Crippen LogP contribution is 2.56. The molecule has 0 saturated carbocycles. The van der Waals surface area contributed by atoms with Crippen LogP contribution in [0.25, 0.3) is 0 Å². The highest BCUT2D eigenvalue weighted by Gasteiger charge is 2.48. The van der Waals surface area contributed by atoms with Gasteiger partial charge in [-0.05, 0) is 36.4 Å². The molecule has 3 heteroatoms. The van der Waals surface area contributed by atoms with Gasteiger partial charge in [-0.15, -0.1) is 0 Å². The third kappa shape index (κ3) is 3.06. The minimum Gasteiger partial charge on any atom is -0.456 e. The van der Waals surface area contributed by atoms with Gasteiger partial charge in [0, 0.05) is 0 Å². The normalized spacial score (nSPS) is 14.1. The standard InChI is InChI=1S/C22H20O2P/c1-4-10-19(11-5-1)25(18-22-23-16-17-24-22,20-12-6-2-7-13-20)21-14-8-3-9-15-21/h1-17,22H,18H2/q+1. The number of hydrogen-bond donors (Lipinski definition) is 0. The van der Waals surface area contributed by atoms with Crippen LogP contribution in [0.5, 0.6) is 0 Å². The molecule has 0 atom stereocenters. The maximum absolute atomic E-state index is 5.70. The maximum Gasteiger partial charge on any atom is 0.274 e. The lowest BCUT2D eigenvalue weighted by Gasteiger charge is -2.29. The van der Waals surface area contributed by atoms with Crippen LogP contribution in [0.1, 0.15) is 0 Å². The van der Waals surface area contributed by atoms with Gasteiger partial charge in [-0.1, -0.05) is 54.6 Å². The predicted molar refractivity (Wildman–Crippen MR) is 105 cm³/mol. The Morgan fingerprint density at radius 3 is 1.28 bits per heavy atom. The second-order valence-corrected chi connectivity index (χ2v) is 9.51. The second kappa shape index (κ2) is 7.13. The zero-order valence-corrected chi connectivity index (χ0v) is 14.8. The van der Waals surface area contributed by atoms with Crippen molar-refractivity contribution >= 4 is 23.2 Å². The van der Waals surface area contributed by atoms with Gasteiger partial charge < -0.3 is 9.47 Å². The summed E-state index contributed by atoms with van der Waals surface area (Å²) in [7, 11) is -1.89. The first-order valence-electron chi connectivity index (χ1n) is 8.40. The largest absolute Gasteiger partial charge is 0.456 e. The number of ether oxygens (including phenoxy) is 2. The molecule has 0 spiro atoms. The Labute approximate surface area is 149 Å². The van der Waals surface area contributed by atoms with Gasteiger partial charge in [0.25, 0.3) is 6.29 Å². The third-order valence-electron chi connectivity index (χ3n) is 4.53. The fourth-order valence-corrected chi connectivity index (χ4v) is 7.58. The van der Waals surface area contributed by atoms with Crippen molar-refractivity contribution in [3.8, 4) is 0 Å². The number of hydrogen-bond acceptors (Lipinski definition) is 2. The van der Waals surface area contributed by atoms with Crippen LogP contribution in [-0.4, -0.2) is 12.5 Å². The van der Waals surface area contributed by atoms with Crippen molar-refractivity contribution in [2.24, 2.45) is 0 Å². The summed E-state index contributed by atoms with van der Waals surface area (Å²) in [6.07, 6.45) is 3.83. The molecule has 4 rings (SSSR count). The molecule has 0 unspecified atom stereocenters. The third-order valence-corrected chi connectivity index (χ3v) is 8.92. The van der Waals surface area contributed by atoms with E-state index in [0.29, 0.717) is 0 Å². The number of benzene rings is 3. The Kier molecular flexibility index (Phi) is 4.54. The van der Waals surface area contributed by atoms with Crippen molar-refractivity contribution in [1.29, 1.82) is 0 Å². The molecule has 0 aromatic heterocycles. The molecule has 0 radical (unpaired) electrons. The van der Waals surface area contributed by atoms with Gasteiger partial charge in [-0.3, -0.25) is 0 Å². The molecule has 0 aliphatic carbocycles. The summed E-state index contributed by atoms with van der Waals surface area (Å²) >= 11 is 0. The van der Waals surface area contributed by atoms with E-state index in [2.05, 4.69) is 91.0 Å². The molecule has 3 aromatic rings. The van der Waals surface area contributed by atoms with Gasteiger partial charge >= 0.3 is 0 Å². The van der Waals surface area contributed by atoms with E-state index >= 15 is 0 Å². The Morgan fingerprint density at radius 1 is 0.560 bits per heavy atom. The van der Waals surface area contributed by atoms with Gasteiger partial charge in [0.1, 0.15) is 41.9 Å². The summed E-state index contributed by atoms with van der Waals surface area (Å²) in [6.45, 7) is 0. The first kappa shape index (κ1) is 15.9. The monoisotopic (exact) mass is 347 g/mol. The van der Waals surface area contributed by atoms with Crippen molar-refractivity contribution in [3.63, 3.8) is 0 Å². The maximum atomic E-state index is 5.70. The van der Waals surface area contributed by atoms with E-state index in [1.54, 1.807) is 12.5 Å². The van der Waals surface area contributed by atoms with Crippen molar-refractivity contribution in [3.05, 3.63) is 104 Å². The fraction of sp³-hybridized carbons (Fsp3) is 0.0909. The molecular formula is C22H20O2P+. The molecule has 0 fully saturated rings. The second-order valence-electron chi connectivity index (χ2n) is 5.97. The van der Waals surface area contributed by atoms with Crippen LogP contribution in [0.15, 0.2) is 104 Å². The van der Waals surface area contributed by atoms with Crippen LogP contribution in [-0.2, 0) is 9.47 Å². The van der Waals surface area contributed by atoms with Crippen molar-refractivity contribution < 1.29 is 9.47 Å². The van der Waals surface area contributed by atoms with E-state index in [4.69, 9.17) is 9.47 Å². The molecule has 25 heavy (non-hydrogen) atoms. The molecule has 1 aliphatic rings. The van der Waals surface area contributed by atoms with Gasteiger partial charge in [0.15, 0.2) is 0 Å². The zero-order valence-electron chi connectivity index (χ0n) is 13.9. The van der Waals surface area contributed by atoms with Gasteiger partial charge in [-0.25, -0.2) is 0 Å². The minimum atomic E-state index is -1.89. The smallest absolute Gasteiger partial charge is 0.274 e. The molecule has 0 N–H and O–H groups in total. The van der Waals surface area contributed by atoms with E-state index in [1.165, 1.54) is 15.9 Å². The van der Waals surface area contributed by atoms with E-state index in [-0.39, 0.29) is 6.29 Å². The van der Waals surface area contributed by atoms with Gasteiger partial charge in [-0.2, -0.15) is 0 Å². The van der Waals surface area contributed by atoms with Crippen LogP contribution in [0.3, 0.4) is 0 Å². The lowest BCUT2D eigenvalue weighted by molar-refractivity contribution is -0.00239. The molecule has 0 saturated heterocycles.